The number of fused-ring (bicyclic) bond motifs is 1. The van der Waals surface area contributed by atoms with Crippen LogP contribution in [0.5, 0.6) is 0 Å². The third-order valence-corrected chi connectivity index (χ3v) is 3.48. The smallest absolute Gasteiger partial charge is 0.0460 e. The number of aromatic amines is 1. The molecule has 2 aromatic carbocycles. The molecular formula is C16H12BrN. The lowest BCUT2D eigenvalue weighted by atomic mass is 10.1. The minimum atomic E-state index is 1.10. The summed E-state index contributed by atoms with van der Waals surface area (Å²) in [5.41, 5.74) is 3.59. The summed E-state index contributed by atoms with van der Waals surface area (Å²) in [6.45, 7) is 0. The first kappa shape index (κ1) is 11.3. The monoisotopic (exact) mass is 297 g/mol. The average Bonchev–Trinajstić information content (AvgIpc) is 2.82. The molecule has 0 atom stereocenters. The number of aromatic nitrogens is 1. The van der Waals surface area contributed by atoms with E-state index in [0.29, 0.717) is 0 Å². The molecule has 3 aromatic rings. The van der Waals surface area contributed by atoms with Gasteiger partial charge in [0.2, 0.25) is 0 Å². The zero-order chi connectivity index (χ0) is 12.4. The fourth-order valence-corrected chi connectivity index (χ4v) is 2.26. The third-order valence-electron chi connectivity index (χ3n) is 2.95. The van der Waals surface area contributed by atoms with E-state index in [1.165, 1.54) is 22.0 Å². The molecule has 0 fully saturated rings. The quantitative estimate of drug-likeness (QED) is 0.677. The number of para-hydroxylation sites is 1. The molecule has 0 saturated heterocycles. The van der Waals surface area contributed by atoms with Gasteiger partial charge in [0.25, 0.3) is 0 Å². The summed E-state index contributed by atoms with van der Waals surface area (Å²) in [6, 6.07) is 16.6. The molecule has 3 rings (SSSR count). The Balaban J connectivity index is 1.94. The van der Waals surface area contributed by atoms with E-state index in [2.05, 4.69) is 75.5 Å². The fraction of sp³-hybridized carbons (Fsp3) is 0. The van der Waals surface area contributed by atoms with Crippen LogP contribution in [0.15, 0.2) is 59.2 Å². The van der Waals surface area contributed by atoms with E-state index in [1.54, 1.807) is 0 Å². The average molecular weight is 298 g/mol. The second-order valence-electron chi connectivity index (χ2n) is 4.17. The van der Waals surface area contributed by atoms with Crippen molar-refractivity contribution in [1.82, 2.24) is 4.98 Å². The molecule has 1 N–H and O–H groups in total. The van der Waals surface area contributed by atoms with Crippen LogP contribution in [0.1, 0.15) is 11.1 Å². The van der Waals surface area contributed by atoms with Crippen LogP contribution in [0.4, 0.5) is 0 Å². The minimum absolute atomic E-state index is 1.10. The molecule has 1 aromatic heterocycles. The molecule has 0 aliphatic heterocycles. The Morgan fingerprint density at radius 2 is 1.67 bits per heavy atom. The highest BCUT2D eigenvalue weighted by Gasteiger charge is 1.98. The second-order valence-corrected chi connectivity index (χ2v) is 5.09. The van der Waals surface area contributed by atoms with Gasteiger partial charge in [0, 0.05) is 21.6 Å². The van der Waals surface area contributed by atoms with Gasteiger partial charge >= 0.3 is 0 Å². The Labute approximate surface area is 114 Å². The van der Waals surface area contributed by atoms with Crippen molar-refractivity contribution < 1.29 is 0 Å². The van der Waals surface area contributed by atoms with Crippen molar-refractivity contribution in [3.63, 3.8) is 0 Å². The van der Waals surface area contributed by atoms with Gasteiger partial charge in [0.05, 0.1) is 0 Å². The van der Waals surface area contributed by atoms with Crippen LogP contribution in [-0.2, 0) is 0 Å². The molecule has 88 valence electrons. The van der Waals surface area contributed by atoms with Gasteiger partial charge in [-0.1, -0.05) is 58.4 Å². The molecule has 0 amide bonds. The van der Waals surface area contributed by atoms with Crippen LogP contribution >= 0.6 is 15.9 Å². The molecule has 0 radical (unpaired) electrons. The molecule has 0 bridgehead atoms. The Hall–Kier alpha value is -1.80. The van der Waals surface area contributed by atoms with Crippen molar-refractivity contribution in [1.29, 1.82) is 0 Å². The van der Waals surface area contributed by atoms with Crippen LogP contribution in [0.3, 0.4) is 0 Å². The predicted octanol–water partition coefficient (Wildman–Crippen LogP) is 5.10. The summed E-state index contributed by atoms with van der Waals surface area (Å²) in [7, 11) is 0. The lowest BCUT2D eigenvalue weighted by Gasteiger charge is -1.94. The molecule has 2 heteroatoms. The van der Waals surface area contributed by atoms with E-state index in [-0.39, 0.29) is 0 Å². The van der Waals surface area contributed by atoms with Gasteiger partial charge in [0.15, 0.2) is 0 Å². The molecule has 1 heterocycles. The Kier molecular flexibility index (Phi) is 3.03. The highest BCUT2D eigenvalue weighted by atomic mass is 79.9. The normalized spacial score (nSPS) is 11.4. The maximum absolute atomic E-state index is 3.44. The van der Waals surface area contributed by atoms with Crippen LogP contribution < -0.4 is 0 Å². The van der Waals surface area contributed by atoms with Gasteiger partial charge in [-0.2, -0.15) is 0 Å². The summed E-state index contributed by atoms with van der Waals surface area (Å²) >= 11 is 3.44. The molecule has 0 saturated carbocycles. The van der Waals surface area contributed by atoms with Crippen molar-refractivity contribution in [3.8, 4) is 0 Å². The Morgan fingerprint density at radius 1 is 0.889 bits per heavy atom. The summed E-state index contributed by atoms with van der Waals surface area (Å²) in [5, 5.41) is 1.26. The van der Waals surface area contributed by atoms with Crippen molar-refractivity contribution in [2.24, 2.45) is 0 Å². The standard InChI is InChI=1S/C16H12BrN/c17-14-9-6-12(7-10-14)5-8-13-11-18-16-4-2-1-3-15(13)16/h1-11,18H/b8-5+. The molecular weight excluding hydrogens is 286 g/mol. The Morgan fingerprint density at radius 3 is 2.50 bits per heavy atom. The Bertz CT molecular complexity index is 692. The maximum atomic E-state index is 3.44. The maximum Gasteiger partial charge on any atom is 0.0460 e. The van der Waals surface area contributed by atoms with Gasteiger partial charge in [-0.3, -0.25) is 0 Å². The van der Waals surface area contributed by atoms with Gasteiger partial charge < -0.3 is 4.98 Å². The topological polar surface area (TPSA) is 15.8 Å². The van der Waals surface area contributed by atoms with E-state index >= 15 is 0 Å². The SMILES string of the molecule is Brc1ccc(/C=C/c2c[nH]c3ccccc23)cc1. The molecule has 0 spiro atoms. The zero-order valence-electron chi connectivity index (χ0n) is 9.73. The number of halogens is 1. The highest BCUT2D eigenvalue weighted by molar-refractivity contribution is 9.10. The second kappa shape index (κ2) is 4.83. The van der Waals surface area contributed by atoms with Gasteiger partial charge in [0.1, 0.15) is 0 Å². The van der Waals surface area contributed by atoms with E-state index in [9.17, 15) is 0 Å². The van der Waals surface area contributed by atoms with Gasteiger partial charge in [-0.15, -0.1) is 0 Å². The van der Waals surface area contributed by atoms with Gasteiger partial charge in [-0.05, 0) is 29.3 Å². The number of rotatable bonds is 2. The number of benzene rings is 2. The van der Waals surface area contributed by atoms with Crippen molar-refractivity contribution in [2.45, 2.75) is 0 Å². The van der Waals surface area contributed by atoms with E-state index in [4.69, 9.17) is 0 Å². The lowest BCUT2D eigenvalue weighted by molar-refractivity contribution is 1.47. The molecule has 0 unspecified atom stereocenters. The summed E-state index contributed by atoms with van der Waals surface area (Å²) < 4.78 is 1.10. The van der Waals surface area contributed by atoms with Crippen LogP contribution in [0, 0.1) is 0 Å². The van der Waals surface area contributed by atoms with Crippen LogP contribution in [-0.4, -0.2) is 4.98 Å². The largest absolute Gasteiger partial charge is 0.361 e. The fourth-order valence-electron chi connectivity index (χ4n) is 1.99. The van der Waals surface area contributed by atoms with Crippen LogP contribution in [0.25, 0.3) is 23.1 Å². The molecule has 18 heavy (non-hydrogen) atoms. The molecule has 1 nitrogen and oxygen atoms in total. The molecule has 0 aliphatic rings. The van der Waals surface area contributed by atoms with Crippen molar-refractivity contribution in [3.05, 3.63) is 70.3 Å². The first-order valence-corrected chi connectivity index (χ1v) is 6.62. The number of H-pyrrole nitrogens is 1. The summed E-state index contributed by atoms with van der Waals surface area (Å²) in [5.74, 6) is 0. The van der Waals surface area contributed by atoms with E-state index < -0.39 is 0 Å². The minimum Gasteiger partial charge on any atom is -0.361 e. The summed E-state index contributed by atoms with van der Waals surface area (Å²) in [6.07, 6.45) is 6.31. The van der Waals surface area contributed by atoms with Gasteiger partial charge in [-0.25, -0.2) is 0 Å². The predicted molar refractivity (Wildman–Crippen MR) is 81.4 cm³/mol. The van der Waals surface area contributed by atoms with E-state index in [1.807, 2.05) is 12.3 Å². The third kappa shape index (κ3) is 2.24. The number of hydrogen-bond donors (Lipinski definition) is 1. The van der Waals surface area contributed by atoms with E-state index in [0.717, 1.165) is 4.47 Å². The lowest BCUT2D eigenvalue weighted by Crippen LogP contribution is -1.71. The first-order valence-electron chi connectivity index (χ1n) is 5.83. The first-order chi connectivity index (χ1) is 8.83. The zero-order valence-corrected chi connectivity index (χ0v) is 11.3. The molecule has 0 aliphatic carbocycles. The number of hydrogen-bond acceptors (Lipinski definition) is 0. The summed E-state index contributed by atoms with van der Waals surface area (Å²) in [4.78, 5) is 3.27. The van der Waals surface area contributed by atoms with Crippen LogP contribution in [0.2, 0.25) is 0 Å². The number of nitrogens with one attached hydrogen (secondary N) is 1. The van der Waals surface area contributed by atoms with Crippen molar-refractivity contribution >= 4 is 39.0 Å². The highest BCUT2D eigenvalue weighted by Crippen LogP contribution is 2.20. The van der Waals surface area contributed by atoms with Crippen molar-refractivity contribution in [2.75, 3.05) is 0 Å².